The minimum Gasteiger partial charge on any atom is -0.468 e. The number of carbonyl (C=O) groups excluding carboxylic acids is 2. The third kappa shape index (κ3) is 2.44. The Labute approximate surface area is 129 Å². The summed E-state index contributed by atoms with van der Waals surface area (Å²) in [7, 11) is 1.32. The van der Waals surface area contributed by atoms with Gasteiger partial charge < -0.3 is 9.84 Å². The number of aliphatic hydroxyl groups is 1. The van der Waals surface area contributed by atoms with E-state index in [9.17, 15) is 14.7 Å². The number of nitrogens with zero attached hydrogens (tertiary/aromatic N) is 1. The van der Waals surface area contributed by atoms with Crippen LogP contribution in [-0.2, 0) is 20.9 Å². The molecule has 1 N–H and O–H groups in total. The second-order valence-electron chi connectivity index (χ2n) is 6.31. The van der Waals surface area contributed by atoms with Crippen molar-refractivity contribution >= 4 is 11.8 Å². The van der Waals surface area contributed by atoms with E-state index in [1.54, 1.807) is 0 Å². The molecule has 2 fully saturated rings. The van der Waals surface area contributed by atoms with Crippen molar-refractivity contribution in [2.24, 2.45) is 11.3 Å². The summed E-state index contributed by atoms with van der Waals surface area (Å²) in [5, 5.41) is 10.1. The minimum atomic E-state index is -1.11. The predicted octanol–water partition coefficient (Wildman–Crippen LogP) is 1.00. The van der Waals surface area contributed by atoms with Crippen LogP contribution in [0, 0.1) is 11.3 Å². The zero-order valence-corrected chi connectivity index (χ0v) is 12.7. The summed E-state index contributed by atoms with van der Waals surface area (Å²) in [6, 6.07) is 9.94. The topological polar surface area (TPSA) is 66.8 Å². The van der Waals surface area contributed by atoms with Gasteiger partial charge >= 0.3 is 5.97 Å². The number of ketones is 1. The second kappa shape index (κ2) is 5.82. The molecule has 0 radical (unpaired) electrons. The molecule has 0 spiro atoms. The Bertz CT molecular complexity index is 573. The van der Waals surface area contributed by atoms with Gasteiger partial charge in [-0.3, -0.25) is 14.5 Å². The Kier molecular flexibility index (Phi) is 4.02. The smallest absolute Gasteiger partial charge is 0.320 e. The lowest BCUT2D eigenvalue weighted by atomic mass is 9.64. The molecular formula is C17H21NO4. The van der Waals surface area contributed by atoms with Crippen molar-refractivity contribution in [1.29, 1.82) is 0 Å². The Hall–Kier alpha value is -1.72. The normalized spacial score (nSPS) is 31.8. The number of hydrogen-bond acceptors (Lipinski definition) is 5. The van der Waals surface area contributed by atoms with Crippen LogP contribution >= 0.6 is 0 Å². The van der Waals surface area contributed by atoms with Crippen molar-refractivity contribution in [3.8, 4) is 0 Å². The third-order valence-electron chi connectivity index (χ3n) is 4.91. The monoisotopic (exact) mass is 303 g/mol. The largest absolute Gasteiger partial charge is 0.468 e. The van der Waals surface area contributed by atoms with Gasteiger partial charge in [0.05, 0.1) is 19.1 Å². The van der Waals surface area contributed by atoms with E-state index >= 15 is 0 Å². The van der Waals surface area contributed by atoms with Crippen LogP contribution in [0.15, 0.2) is 30.3 Å². The van der Waals surface area contributed by atoms with Gasteiger partial charge in [-0.25, -0.2) is 0 Å². The summed E-state index contributed by atoms with van der Waals surface area (Å²) in [6.45, 7) is 1.53. The highest BCUT2D eigenvalue weighted by Crippen LogP contribution is 2.42. The van der Waals surface area contributed by atoms with Crippen LogP contribution in [0.3, 0.4) is 0 Å². The molecular weight excluding hydrogens is 282 g/mol. The lowest BCUT2D eigenvalue weighted by Crippen LogP contribution is -2.63. The summed E-state index contributed by atoms with van der Waals surface area (Å²) in [5.74, 6) is -1.11. The molecule has 1 aromatic carbocycles. The van der Waals surface area contributed by atoms with Crippen molar-refractivity contribution in [3.05, 3.63) is 35.9 Å². The molecule has 1 saturated heterocycles. The van der Waals surface area contributed by atoms with Crippen molar-refractivity contribution in [1.82, 2.24) is 4.90 Å². The fourth-order valence-corrected chi connectivity index (χ4v) is 3.76. The average molecular weight is 303 g/mol. The summed E-state index contributed by atoms with van der Waals surface area (Å²) in [5.41, 5.74) is 0.0236. The van der Waals surface area contributed by atoms with E-state index < -0.39 is 23.4 Å². The van der Waals surface area contributed by atoms with Crippen LogP contribution in [-0.4, -0.2) is 48.1 Å². The van der Waals surface area contributed by atoms with Crippen LogP contribution < -0.4 is 0 Å². The molecule has 1 heterocycles. The molecule has 2 bridgehead atoms. The molecule has 5 nitrogen and oxygen atoms in total. The SMILES string of the molecule is COC(=O)[C@]12CC[C@H](O)[C@H](CN(Cc3ccccc3)C1)C2=O. The number of benzene rings is 1. The van der Waals surface area contributed by atoms with E-state index in [4.69, 9.17) is 4.74 Å². The van der Waals surface area contributed by atoms with Crippen LogP contribution in [0.5, 0.6) is 0 Å². The van der Waals surface area contributed by atoms with Crippen molar-refractivity contribution < 1.29 is 19.4 Å². The molecule has 1 aliphatic heterocycles. The Morgan fingerprint density at radius 3 is 2.82 bits per heavy atom. The summed E-state index contributed by atoms with van der Waals surface area (Å²) >= 11 is 0. The molecule has 0 unspecified atom stereocenters. The zero-order chi connectivity index (χ0) is 15.7. The van der Waals surface area contributed by atoms with Crippen LogP contribution in [0.4, 0.5) is 0 Å². The first-order valence-electron chi connectivity index (χ1n) is 7.64. The third-order valence-corrected chi connectivity index (χ3v) is 4.91. The molecule has 3 rings (SSSR count). The van der Waals surface area contributed by atoms with Gasteiger partial charge in [0.15, 0.2) is 5.78 Å². The number of carbonyl (C=O) groups is 2. The van der Waals surface area contributed by atoms with Crippen molar-refractivity contribution in [2.45, 2.75) is 25.5 Å². The van der Waals surface area contributed by atoms with Crippen LogP contribution in [0.2, 0.25) is 0 Å². The zero-order valence-electron chi connectivity index (χ0n) is 12.7. The van der Waals surface area contributed by atoms with Gasteiger partial charge in [0.1, 0.15) is 5.41 Å². The quantitative estimate of drug-likeness (QED) is 0.666. The maximum absolute atomic E-state index is 12.7. The van der Waals surface area contributed by atoms with E-state index in [0.29, 0.717) is 32.5 Å². The molecule has 1 aromatic rings. The fraction of sp³-hybridized carbons (Fsp3) is 0.529. The molecule has 118 valence electrons. The van der Waals surface area contributed by atoms with Gasteiger partial charge in [0, 0.05) is 19.6 Å². The number of fused-ring (bicyclic) bond motifs is 2. The van der Waals surface area contributed by atoms with E-state index in [2.05, 4.69) is 4.90 Å². The van der Waals surface area contributed by atoms with Gasteiger partial charge in [0.25, 0.3) is 0 Å². The number of methoxy groups -OCH3 is 1. The number of esters is 1. The number of ether oxygens (including phenoxy) is 1. The first-order valence-corrected chi connectivity index (χ1v) is 7.64. The highest BCUT2D eigenvalue weighted by Gasteiger charge is 2.57. The number of rotatable bonds is 3. The van der Waals surface area contributed by atoms with Gasteiger partial charge in [0.2, 0.25) is 0 Å². The fourth-order valence-electron chi connectivity index (χ4n) is 3.76. The molecule has 3 atom stereocenters. The lowest BCUT2D eigenvalue weighted by Gasteiger charge is -2.48. The Balaban J connectivity index is 1.86. The minimum absolute atomic E-state index is 0.151. The molecule has 22 heavy (non-hydrogen) atoms. The highest BCUT2D eigenvalue weighted by molar-refractivity contribution is 6.06. The molecule has 1 saturated carbocycles. The number of piperidine rings is 1. The number of Topliss-reactive ketones (excluding diaryl/α,β-unsaturated/α-hetero) is 1. The highest BCUT2D eigenvalue weighted by atomic mass is 16.5. The standard InChI is InChI=1S/C17H21NO4/c1-22-16(21)17-8-7-14(19)13(15(17)20)10-18(11-17)9-12-5-3-2-4-6-12/h2-6,13-14,19H,7-11H2,1H3/t13-,14-,17+/m0/s1. The molecule has 2 aliphatic rings. The van der Waals surface area contributed by atoms with Gasteiger partial charge in [-0.05, 0) is 18.4 Å². The van der Waals surface area contributed by atoms with E-state index in [1.165, 1.54) is 7.11 Å². The first kappa shape index (κ1) is 15.2. The number of hydrogen-bond donors (Lipinski definition) is 1. The van der Waals surface area contributed by atoms with Crippen LogP contribution in [0.25, 0.3) is 0 Å². The molecule has 1 aliphatic carbocycles. The number of likely N-dealkylation sites (tertiary alicyclic amines) is 1. The molecule has 0 aromatic heterocycles. The van der Waals surface area contributed by atoms with E-state index in [0.717, 1.165) is 5.56 Å². The van der Waals surface area contributed by atoms with E-state index in [1.807, 2.05) is 30.3 Å². The summed E-state index contributed by atoms with van der Waals surface area (Å²) < 4.78 is 4.90. The summed E-state index contributed by atoms with van der Waals surface area (Å²) in [6.07, 6.45) is 0.176. The second-order valence-corrected chi connectivity index (χ2v) is 6.31. The van der Waals surface area contributed by atoms with Crippen molar-refractivity contribution in [2.75, 3.05) is 20.2 Å². The van der Waals surface area contributed by atoms with Gasteiger partial charge in [-0.15, -0.1) is 0 Å². The Morgan fingerprint density at radius 1 is 1.41 bits per heavy atom. The Morgan fingerprint density at radius 2 is 2.14 bits per heavy atom. The van der Waals surface area contributed by atoms with Gasteiger partial charge in [-0.1, -0.05) is 30.3 Å². The number of aliphatic hydroxyl groups excluding tert-OH is 1. The predicted molar refractivity (Wildman–Crippen MR) is 79.9 cm³/mol. The summed E-state index contributed by atoms with van der Waals surface area (Å²) in [4.78, 5) is 27.0. The molecule has 0 amide bonds. The average Bonchev–Trinajstić information content (AvgIpc) is 2.53. The van der Waals surface area contributed by atoms with Gasteiger partial charge in [-0.2, -0.15) is 0 Å². The van der Waals surface area contributed by atoms with E-state index in [-0.39, 0.29) is 5.78 Å². The molecule has 5 heteroatoms. The van der Waals surface area contributed by atoms with Crippen molar-refractivity contribution in [3.63, 3.8) is 0 Å². The first-order chi connectivity index (χ1) is 10.6. The lowest BCUT2D eigenvalue weighted by molar-refractivity contribution is -0.173. The maximum Gasteiger partial charge on any atom is 0.320 e. The van der Waals surface area contributed by atoms with Crippen LogP contribution in [0.1, 0.15) is 18.4 Å². The maximum atomic E-state index is 12.7.